The summed E-state index contributed by atoms with van der Waals surface area (Å²) >= 11 is 0. The molecule has 1 amide bonds. The molecule has 21 heavy (non-hydrogen) atoms. The quantitative estimate of drug-likeness (QED) is 0.880. The van der Waals surface area contributed by atoms with Crippen molar-refractivity contribution >= 4 is 16.7 Å². The third-order valence-electron chi connectivity index (χ3n) is 3.43. The Hall–Kier alpha value is -2.14. The molecule has 1 aromatic heterocycles. The number of aromatic amines is 1. The largest absolute Gasteiger partial charge is 0.396 e. The van der Waals surface area contributed by atoms with Gasteiger partial charge in [0.25, 0.3) is 11.5 Å². The first kappa shape index (κ1) is 15.3. The van der Waals surface area contributed by atoms with E-state index in [4.69, 9.17) is 5.11 Å². The van der Waals surface area contributed by atoms with Gasteiger partial charge in [-0.05, 0) is 37.8 Å². The average molecular weight is 288 g/mol. The van der Waals surface area contributed by atoms with E-state index in [0.29, 0.717) is 18.4 Å². The number of nitrogens with one attached hydrogen (secondary N) is 1. The van der Waals surface area contributed by atoms with Gasteiger partial charge in [-0.2, -0.15) is 0 Å². The molecular formula is C16H20N2O3. The van der Waals surface area contributed by atoms with Crippen LogP contribution in [0.2, 0.25) is 0 Å². The number of aliphatic hydroxyl groups is 1. The van der Waals surface area contributed by atoms with Gasteiger partial charge in [0.15, 0.2) is 0 Å². The van der Waals surface area contributed by atoms with Crippen LogP contribution in [0.5, 0.6) is 0 Å². The standard InChI is InChI=1S/C16H20N2O3/c1-11(2)18(8-5-9-19)16(21)14-10-12-6-3-4-7-13(12)15(20)17-14/h3-4,6-7,10-11,19H,5,8-9H2,1-2H3,(H,17,20). The number of hydrogen-bond donors (Lipinski definition) is 2. The summed E-state index contributed by atoms with van der Waals surface area (Å²) in [4.78, 5) is 28.9. The summed E-state index contributed by atoms with van der Waals surface area (Å²) in [7, 11) is 0. The van der Waals surface area contributed by atoms with Gasteiger partial charge in [-0.15, -0.1) is 0 Å². The number of rotatable bonds is 5. The number of carbonyl (C=O) groups is 1. The SMILES string of the molecule is CC(C)N(CCCO)C(=O)c1cc2ccccc2c(=O)[nH]1. The van der Waals surface area contributed by atoms with E-state index < -0.39 is 0 Å². The van der Waals surface area contributed by atoms with E-state index in [1.54, 1.807) is 23.1 Å². The molecule has 112 valence electrons. The van der Waals surface area contributed by atoms with Crippen molar-refractivity contribution in [2.24, 2.45) is 0 Å². The summed E-state index contributed by atoms with van der Waals surface area (Å²) in [5.74, 6) is -0.221. The summed E-state index contributed by atoms with van der Waals surface area (Å²) in [6, 6.07) is 8.87. The van der Waals surface area contributed by atoms with Crippen molar-refractivity contribution in [2.75, 3.05) is 13.2 Å². The van der Waals surface area contributed by atoms with Crippen molar-refractivity contribution in [1.29, 1.82) is 0 Å². The highest BCUT2D eigenvalue weighted by molar-refractivity contribution is 5.96. The first-order chi connectivity index (χ1) is 10.0. The van der Waals surface area contributed by atoms with E-state index in [0.717, 1.165) is 5.39 Å². The Morgan fingerprint density at radius 2 is 2.05 bits per heavy atom. The second-order valence-corrected chi connectivity index (χ2v) is 5.27. The lowest BCUT2D eigenvalue weighted by Gasteiger charge is -2.26. The number of aliphatic hydroxyl groups excluding tert-OH is 1. The molecule has 0 atom stereocenters. The van der Waals surface area contributed by atoms with Crippen LogP contribution in [0.1, 0.15) is 30.8 Å². The van der Waals surface area contributed by atoms with E-state index in [1.807, 2.05) is 26.0 Å². The molecule has 0 saturated heterocycles. The summed E-state index contributed by atoms with van der Waals surface area (Å²) < 4.78 is 0. The Bertz CT molecular complexity index is 691. The van der Waals surface area contributed by atoms with Gasteiger partial charge in [0.05, 0.1) is 0 Å². The van der Waals surface area contributed by atoms with Gasteiger partial charge in [-0.1, -0.05) is 18.2 Å². The molecular weight excluding hydrogens is 268 g/mol. The Morgan fingerprint density at radius 3 is 2.71 bits per heavy atom. The molecule has 0 aliphatic heterocycles. The van der Waals surface area contributed by atoms with Crippen molar-refractivity contribution < 1.29 is 9.90 Å². The molecule has 0 fully saturated rings. The number of fused-ring (bicyclic) bond motifs is 1. The zero-order valence-corrected chi connectivity index (χ0v) is 12.3. The summed E-state index contributed by atoms with van der Waals surface area (Å²) in [6.07, 6.45) is 0.516. The first-order valence-corrected chi connectivity index (χ1v) is 7.08. The molecule has 0 aliphatic carbocycles. The second kappa shape index (κ2) is 6.54. The highest BCUT2D eigenvalue weighted by atomic mass is 16.3. The smallest absolute Gasteiger partial charge is 0.270 e. The molecule has 0 unspecified atom stereocenters. The Balaban J connectivity index is 2.40. The molecule has 2 rings (SSSR count). The summed E-state index contributed by atoms with van der Waals surface area (Å²) in [5.41, 5.74) is 0.0210. The van der Waals surface area contributed by atoms with E-state index >= 15 is 0 Å². The zero-order chi connectivity index (χ0) is 15.4. The maximum absolute atomic E-state index is 12.6. The summed E-state index contributed by atoms with van der Waals surface area (Å²) in [5, 5.41) is 10.3. The molecule has 1 aromatic carbocycles. The molecule has 0 radical (unpaired) electrons. The van der Waals surface area contributed by atoms with Crippen LogP contribution in [-0.2, 0) is 0 Å². The van der Waals surface area contributed by atoms with E-state index in [9.17, 15) is 9.59 Å². The Labute approximate surface area is 123 Å². The van der Waals surface area contributed by atoms with Crippen LogP contribution in [0.3, 0.4) is 0 Å². The van der Waals surface area contributed by atoms with Crippen LogP contribution in [0.15, 0.2) is 35.1 Å². The molecule has 0 saturated carbocycles. The van der Waals surface area contributed by atoms with Gasteiger partial charge in [0.2, 0.25) is 0 Å². The van der Waals surface area contributed by atoms with E-state index in [1.165, 1.54) is 0 Å². The number of pyridine rings is 1. The highest BCUT2D eigenvalue weighted by Crippen LogP contribution is 2.13. The number of benzene rings is 1. The maximum Gasteiger partial charge on any atom is 0.270 e. The van der Waals surface area contributed by atoms with Crippen molar-refractivity contribution in [1.82, 2.24) is 9.88 Å². The normalized spacial score (nSPS) is 11.0. The number of aromatic nitrogens is 1. The van der Waals surface area contributed by atoms with Crippen LogP contribution in [0, 0.1) is 0 Å². The lowest BCUT2D eigenvalue weighted by atomic mass is 10.1. The fourth-order valence-electron chi connectivity index (χ4n) is 2.32. The Kier molecular flexibility index (Phi) is 4.75. The van der Waals surface area contributed by atoms with Gasteiger partial charge < -0.3 is 15.0 Å². The van der Waals surface area contributed by atoms with Gasteiger partial charge >= 0.3 is 0 Å². The van der Waals surface area contributed by atoms with Gasteiger partial charge in [0.1, 0.15) is 5.69 Å². The van der Waals surface area contributed by atoms with Crippen LogP contribution in [-0.4, -0.2) is 40.1 Å². The number of nitrogens with zero attached hydrogens (tertiary/aromatic N) is 1. The topological polar surface area (TPSA) is 73.4 Å². The molecule has 1 heterocycles. The third-order valence-corrected chi connectivity index (χ3v) is 3.43. The van der Waals surface area contributed by atoms with Gasteiger partial charge in [-0.3, -0.25) is 9.59 Å². The van der Waals surface area contributed by atoms with Crippen molar-refractivity contribution in [3.05, 3.63) is 46.4 Å². The number of amides is 1. The molecule has 0 spiro atoms. The molecule has 0 bridgehead atoms. The third kappa shape index (κ3) is 3.31. The van der Waals surface area contributed by atoms with Crippen LogP contribution in [0.4, 0.5) is 0 Å². The number of H-pyrrole nitrogens is 1. The lowest BCUT2D eigenvalue weighted by molar-refractivity contribution is 0.0687. The molecule has 5 heteroatoms. The van der Waals surface area contributed by atoms with Crippen molar-refractivity contribution in [2.45, 2.75) is 26.3 Å². The van der Waals surface area contributed by atoms with Gasteiger partial charge in [-0.25, -0.2) is 0 Å². The fraction of sp³-hybridized carbons (Fsp3) is 0.375. The highest BCUT2D eigenvalue weighted by Gasteiger charge is 2.19. The van der Waals surface area contributed by atoms with Crippen LogP contribution < -0.4 is 5.56 Å². The Morgan fingerprint density at radius 1 is 1.33 bits per heavy atom. The lowest BCUT2D eigenvalue weighted by Crippen LogP contribution is -2.39. The van der Waals surface area contributed by atoms with Crippen molar-refractivity contribution in [3.8, 4) is 0 Å². The van der Waals surface area contributed by atoms with E-state index in [2.05, 4.69) is 4.98 Å². The fourth-order valence-corrected chi connectivity index (χ4v) is 2.32. The van der Waals surface area contributed by atoms with E-state index in [-0.39, 0.29) is 29.8 Å². The van der Waals surface area contributed by atoms with Crippen molar-refractivity contribution in [3.63, 3.8) is 0 Å². The summed E-state index contributed by atoms with van der Waals surface area (Å²) in [6.45, 7) is 4.31. The first-order valence-electron chi connectivity index (χ1n) is 7.08. The minimum atomic E-state index is -0.262. The predicted octanol–water partition coefficient (Wildman–Crippen LogP) is 1.76. The van der Waals surface area contributed by atoms with Gasteiger partial charge in [0, 0.05) is 24.6 Å². The second-order valence-electron chi connectivity index (χ2n) is 5.27. The van der Waals surface area contributed by atoms with Crippen LogP contribution in [0.25, 0.3) is 10.8 Å². The average Bonchev–Trinajstić information content (AvgIpc) is 2.47. The molecule has 5 nitrogen and oxygen atoms in total. The number of hydrogen-bond acceptors (Lipinski definition) is 3. The molecule has 0 aliphatic rings. The van der Waals surface area contributed by atoms with Crippen LogP contribution >= 0.6 is 0 Å². The minimum Gasteiger partial charge on any atom is -0.396 e. The zero-order valence-electron chi connectivity index (χ0n) is 12.3. The minimum absolute atomic E-state index is 0.000905. The number of carbonyl (C=O) groups excluding carboxylic acids is 1. The predicted molar refractivity (Wildman–Crippen MR) is 82.4 cm³/mol. The molecule has 2 aromatic rings. The maximum atomic E-state index is 12.6. The monoisotopic (exact) mass is 288 g/mol. The molecule has 2 N–H and O–H groups in total.